The molecule has 5 heteroatoms. The van der Waals surface area contributed by atoms with Gasteiger partial charge in [-0.15, -0.1) is 6.58 Å². The quantitative estimate of drug-likeness (QED) is 0.812. The molecule has 0 bridgehead atoms. The standard InChI is InChI=1S/C14H16N2O3/c1-2-7-15-14(19)16-8-6-11-10(9-16)4-3-5-12(11)13(17)18/h2-5H,1,6-9H2,(H,15,19)(H,17,18). The van der Waals surface area contributed by atoms with E-state index in [1.54, 1.807) is 23.1 Å². The summed E-state index contributed by atoms with van der Waals surface area (Å²) in [7, 11) is 0. The summed E-state index contributed by atoms with van der Waals surface area (Å²) in [6.07, 6.45) is 2.19. The van der Waals surface area contributed by atoms with Crippen molar-refractivity contribution in [1.29, 1.82) is 0 Å². The minimum Gasteiger partial charge on any atom is -0.478 e. The van der Waals surface area contributed by atoms with Gasteiger partial charge in [0.1, 0.15) is 0 Å². The van der Waals surface area contributed by atoms with E-state index in [4.69, 9.17) is 5.11 Å². The Morgan fingerprint density at radius 3 is 2.95 bits per heavy atom. The van der Waals surface area contributed by atoms with Crippen molar-refractivity contribution < 1.29 is 14.7 Å². The fourth-order valence-electron chi connectivity index (χ4n) is 2.25. The highest BCUT2D eigenvalue weighted by Gasteiger charge is 2.23. The molecular formula is C14H16N2O3. The molecule has 1 aromatic carbocycles. The molecule has 1 aliphatic rings. The van der Waals surface area contributed by atoms with Gasteiger partial charge < -0.3 is 15.3 Å². The maximum atomic E-state index is 11.8. The maximum absolute atomic E-state index is 11.8. The predicted molar refractivity (Wildman–Crippen MR) is 71.1 cm³/mol. The minimum atomic E-state index is -0.915. The van der Waals surface area contributed by atoms with E-state index in [1.807, 2.05) is 6.07 Å². The van der Waals surface area contributed by atoms with Gasteiger partial charge >= 0.3 is 12.0 Å². The number of carboxylic acid groups (broad SMARTS) is 1. The molecule has 100 valence electrons. The number of benzene rings is 1. The number of aromatic carboxylic acids is 1. The lowest BCUT2D eigenvalue weighted by molar-refractivity contribution is 0.0695. The van der Waals surface area contributed by atoms with E-state index < -0.39 is 5.97 Å². The molecule has 0 saturated heterocycles. The Bertz CT molecular complexity index is 525. The molecule has 2 amide bonds. The van der Waals surface area contributed by atoms with Crippen molar-refractivity contribution in [3.05, 3.63) is 47.5 Å². The van der Waals surface area contributed by atoms with Gasteiger partial charge in [0.05, 0.1) is 5.56 Å². The van der Waals surface area contributed by atoms with Crippen molar-refractivity contribution in [2.45, 2.75) is 13.0 Å². The number of carbonyl (C=O) groups excluding carboxylic acids is 1. The van der Waals surface area contributed by atoms with Crippen molar-refractivity contribution in [1.82, 2.24) is 10.2 Å². The number of rotatable bonds is 3. The summed E-state index contributed by atoms with van der Waals surface area (Å²) in [6, 6.07) is 5.04. The van der Waals surface area contributed by atoms with Crippen molar-refractivity contribution in [2.24, 2.45) is 0 Å². The zero-order valence-corrected chi connectivity index (χ0v) is 10.6. The third-order valence-electron chi connectivity index (χ3n) is 3.18. The number of urea groups is 1. The second-order valence-electron chi connectivity index (χ2n) is 4.39. The van der Waals surface area contributed by atoms with E-state index in [9.17, 15) is 9.59 Å². The van der Waals surface area contributed by atoms with E-state index >= 15 is 0 Å². The molecule has 1 heterocycles. The molecule has 0 fully saturated rings. The van der Waals surface area contributed by atoms with Crippen molar-refractivity contribution in [3.8, 4) is 0 Å². The molecule has 0 radical (unpaired) electrons. The lowest BCUT2D eigenvalue weighted by Crippen LogP contribution is -2.43. The lowest BCUT2D eigenvalue weighted by atomic mass is 9.95. The molecule has 5 nitrogen and oxygen atoms in total. The van der Waals surface area contributed by atoms with Crippen LogP contribution < -0.4 is 5.32 Å². The summed E-state index contributed by atoms with van der Waals surface area (Å²) in [5, 5.41) is 11.9. The van der Waals surface area contributed by atoms with Gasteiger partial charge in [-0.25, -0.2) is 9.59 Å². The highest BCUT2D eigenvalue weighted by Crippen LogP contribution is 2.22. The van der Waals surface area contributed by atoms with Gasteiger partial charge in [0.25, 0.3) is 0 Å². The second-order valence-corrected chi connectivity index (χ2v) is 4.39. The van der Waals surface area contributed by atoms with Gasteiger partial charge in [0.2, 0.25) is 0 Å². The average Bonchev–Trinajstić information content (AvgIpc) is 2.43. The van der Waals surface area contributed by atoms with Crippen LogP contribution >= 0.6 is 0 Å². The highest BCUT2D eigenvalue weighted by atomic mass is 16.4. The zero-order valence-electron chi connectivity index (χ0n) is 10.6. The van der Waals surface area contributed by atoms with Gasteiger partial charge in [-0.3, -0.25) is 0 Å². The van der Waals surface area contributed by atoms with Crippen LogP contribution in [-0.2, 0) is 13.0 Å². The van der Waals surface area contributed by atoms with Gasteiger partial charge in [-0.05, 0) is 23.6 Å². The van der Waals surface area contributed by atoms with Crippen LogP contribution in [0.15, 0.2) is 30.9 Å². The van der Waals surface area contributed by atoms with Crippen LogP contribution in [0.5, 0.6) is 0 Å². The first-order valence-corrected chi connectivity index (χ1v) is 6.11. The average molecular weight is 260 g/mol. The predicted octanol–water partition coefficient (Wildman–Crippen LogP) is 1.64. The van der Waals surface area contributed by atoms with Gasteiger partial charge in [-0.2, -0.15) is 0 Å². The summed E-state index contributed by atoms with van der Waals surface area (Å²) < 4.78 is 0. The second kappa shape index (κ2) is 5.56. The largest absolute Gasteiger partial charge is 0.478 e. The first kappa shape index (κ1) is 13.1. The molecule has 2 rings (SSSR count). The third-order valence-corrected chi connectivity index (χ3v) is 3.18. The number of hydrogen-bond donors (Lipinski definition) is 2. The summed E-state index contributed by atoms with van der Waals surface area (Å²) in [5.41, 5.74) is 2.08. The Morgan fingerprint density at radius 2 is 2.26 bits per heavy atom. The van der Waals surface area contributed by atoms with E-state index in [0.717, 1.165) is 11.1 Å². The molecule has 0 saturated carbocycles. The number of nitrogens with zero attached hydrogens (tertiary/aromatic N) is 1. The highest BCUT2D eigenvalue weighted by molar-refractivity contribution is 5.90. The smallest absolute Gasteiger partial charge is 0.335 e. The van der Waals surface area contributed by atoms with Crippen LogP contribution in [0.4, 0.5) is 4.79 Å². The van der Waals surface area contributed by atoms with Crippen LogP contribution in [0.1, 0.15) is 21.5 Å². The molecule has 1 aromatic rings. The topological polar surface area (TPSA) is 69.6 Å². The monoisotopic (exact) mass is 260 g/mol. The minimum absolute atomic E-state index is 0.147. The van der Waals surface area contributed by atoms with Crippen molar-refractivity contribution >= 4 is 12.0 Å². The number of hydrogen-bond acceptors (Lipinski definition) is 2. The molecule has 0 atom stereocenters. The van der Waals surface area contributed by atoms with Gasteiger partial charge in [0.15, 0.2) is 0 Å². The molecule has 0 aromatic heterocycles. The summed E-state index contributed by atoms with van der Waals surface area (Å²) in [5.74, 6) is -0.915. The molecular weight excluding hydrogens is 244 g/mol. The van der Waals surface area contributed by atoms with Crippen LogP contribution in [-0.4, -0.2) is 35.1 Å². The molecule has 2 N–H and O–H groups in total. The summed E-state index contributed by atoms with van der Waals surface area (Å²) >= 11 is 0. The van der Waals surface area contributed by atoms with Crippen LogP contribution in [0.2, 0.25) is 0 Å². The van der Waals surface area contributed by atoms with E-state index in [1.165, 1.54) is 0 Å². The molecule has 0 spiro atoms. The summed E-state index contributed by atoms with van der Waals surface area (Å²) in [6.45, 7) is 4.95. The van der Waals surface area contributed by atoms with Crippen LogP contribution in [0.25, 0.3) is 0 Å². The fourth-order valence-corrected chi connectivity index (χ4v) is 2.25. The van der Waals surface area contributed by atoms with Crippen molar-refractivity contribution in [3.63, 3.8) is 0 Å². The van der Waals surface area contributed by atoms with E-state index in [2.05, 4.69) is 11.9 Å². The molecule has 0 unspecified atom stereocenters. The Morgan fingerprint density at radius 1 is 1.47 bits per heavy atom. The van der Waals surface area contributed by atoms with Crippen molar-refractivity contribution in [2.75, 3.05) is 13.1 Å². The van der Waals surface area contributed by atoms with E-state index in [0.29, 0.717) is 31.6 Å². The first-order chi connectivity index (χ1) is 9.13. The lowest BCUT2D eigenvalue weighted by Gasteiger charge is -2.29. The SMILES string of the molecule is C=CCNC(=O)N1CCc2c(cccc2C(=O)O)C1. The molecule has 1 aliphatic heterocycles. The van der Waals surface area contributed by atoms with Crippen LogP contribution in [0, 0.1) is 0 Å². The Labute approximate surface area is 111 Å². The first-order valence-electron chi connectivity index (χ1n) is 6.11. The number of amides is 2. The summed E-state index contributed by atoms with van der Waals surface area (Å²) in [4.78, 5) is 24.6. The number of carbonyl (C=O) groups is 2. The Hall–Kier alpha value is -2.30. The number of fused-ring (bicyclic) bond motifs is 1. The normalized spacial score (nSPS) is 13.6. The Kier molecular flexibility index (Phi) is 3.85. The van der Waals surface area contributed by atoms with Gasteiger partial charge in [0, 0.05) is 19.6 Å². The fraction of sp³-hybridized carbons (Fsp3) is 0.286. The number of carboxylic acids is 1. The molecule has 19 heavy (non-hydrogen) atoms. The Balaban J connectivity index is 2.16. The van der Waals surface area contributed by atoms with E-state index in [-0.39, 0.29) is 6.03 Å². The molecule has 0 aliphatic carbocycles. The van der Waals surface area contributed by atoms with Gasteiger partial charge in [-0.1, -0.05) is 18.2 Å². The number of nitrogens with one attached hydrogen (secondary N) is 1. The third kappa shape index (κ3) is 2.76. The van der Waals surface area contributed by atoms with Crippen LogP contribution in [0.3, 0.4) is 0 Å². The maximum Gasteiger partial charge on any atom is 0.335 e. The zero-order chi connectivity index (χ0) is 13.8.